The minimum Gasteiger partial charge on any atom is -0.327 e. The number of hydrogen-bond acceptors (Lipinski definition) is 3. The molecule has 1 aromatic rings. The maximum Gasteiger partial charge on any atom is 0.229 e. The van der Waals surface area contributed by atoms with E-state index in [-0.39, 0.29) is 17.9 Å². The summed E-state index contributed by atoms with van der Waals surface area (Å²) >= 11 is 5.67. The summed E-state index contributed by atoms with van der Waals surface area (Å²) in [5, 5.41) is 3.20. The first-order valence-electron chi connectivity index (χ1n) is 4.68. The fourth-order valence-electron chi connectivity index (χ4n) is 0.929. The number of hydrogen-bond donors (Lipinski definition) is 2. The van der Waals surface area contributed by atoms with Crippen LogP contribution < -0.4 is 11.1 Å². The van der Waals surface area contributed by atoms with Crippen LogP contribution in [0.2, 0.25) is 5.02 Å². The molecule has 0 saturated carbocycles. The summed E-state index contributed by atoms with van der Waals surface area (Å²) in [5.74, 6) is 0.0965. The van der Waals surface area contributed by atoms with Crippen LogP contribution in [-0.4, -0.2) is 16.9 Å². The van der Waals surface area contributed by atoms with Gasteiger partial charge in [0, 0.05) is 12.2 Å². The van der Waals surface area contributed by atoms with Gasteiger partial charge in [0.1, 0.15) is 5.82 Å². The molecule has 82 valence electrons. The zero-order chi connectivity index (χ0) is 11.4. The second-order valence-electron chi connectivity index (χ2n) is 3.50. The molecule has 1 aromatic heterocycles. The minimum absolute atomic E-state index is 0.139. The smallest absolute Gasteiger partial charge is 0.229 e. The van der Waals surface area contributed by atoms with Crippen LogP contribution in [0.5, 0.6) is 0 Å². The number of amides is 1. The summed E-state index contributed by atoms with van der Waals surface area (Å²) < 4.78 is 0. The van der Waals surface area contributed by atoms with Crippen LogP contribution >= 0.6 is 11.6 Å². The van der Waals surface area contributed by atoms with Crippen LogP contribution in [0, 0.1) is 5.92 Å². The fourth-order valence-corrected chi connectivity index (χ4v) is 1.04. The number of carbonyl (C=O) groups excluding carboxylic acids is 1. The van der Waals surface area contributed by atoms with Gasteiger partial charge in [-0.3, -0.25) is 4.79 Å². The standard InChI is InChI=1S/C10H14ClN3O/c1-6(7(2)12)10(15)14-9-4-3-8(11)5-13-9/h3-7H,12H2,1-2H3,(H,13,14,15). The van der Waals surface area contributed by atoms with Crippen molar-refractivity contribution in [2.75, 3.05) is 5.32 Å². The largest absolute Gasteiger partial charge is 0.327 e. The van der Waals surface area contributed by atoms with Crippen molar-refractivity contribution in [3.05, 3.63) is 23.4 Å². The number of carbonyl (C=O) groups is 1. The van der Waals surface area contributed by atoms with Gasteiger partial charge < -0.3 is 11.1 Å². The van der Waals surface area contributed by atoms with Crippen LogP contribution in [0.3, 0.4) is 0 Å². The monoisotopic (exact) mass is 227 g/mol. The highest BCUT2D eigenvalue weighted by Crippen LogP contribution is 2.11. The van der Waals surface area contributed by atoms with Gasteiger partial charge in [0.2, 0.25) is 5.91 Å². The fraction of sp³-hybridized carbons (Fsp3) is 0.400. The lowest BCUT2D eigenvalue weighted by Crippen LogP contribution is -2.34. The molecule has 4 nitrogen and oxygen atoms in total. The number of anilines is 1. The van der Waals surface area contributed by atoms with E-state index in [0.717, 1.165) is 0 Å². The van der Waals surface area contributed by atoms with Gasteiger partial charge in [0.15, 0.2) is 0 Å². The molecule has 0 aliphatic rings. The van der Waals surface area contributed by atoms with Gasteiger partial charge >= 0.3 is 0 Å². The van der Waals surface area contributed by atoms with Crippen molar-refractivity contribution in [2.45, 2.75) is 19.9 Å². The number of nitrogens with zero attached hydrogens (tertiary/aromatic N) is 1. The Hall–Kier alpha value is -1.13. The third kappa shape index (κ3) is 3.49. The van der Waals surface area contributed by atoms with Crippen molar-refractivity contribution in [3.63, 3.8) is 0 Å². The van der Waals surface area contributed by atoms with Crippen LogP contribution in [0.25, 0.3) is 0 Å². The Balaban J connectivity index is 2.62. The van der Waals surface area contributed by atoms with Gasteiger partial charge in [-0.25, -0.2) is 4.98 Å². The first kappa shape index (κ1) is 11.9. The lowest BCUT2D eigenvalue weighted by Gasteiger charge is -2.14. The highest BCUT2D eigenvalue weighted by Gasteiger charge is 2.17. The third-order valence-electron chi connectivity index (χ3n) is 2.18. The molecule has 3 N–H and O–H groups in total. The first-order chi connectivity index (χ1) is 7.00. The lowest BCUT2D eigenvalue weighted by atomic mass is 10.0. The SMILES string of the molecule is CC(N)C(C)C(=O)Nc1ccc(Cl)cn1. The predicted octanol–water partition coefficient (Wildman–Crippen LogP) is 1.66. The lowest BCUT2D eigenvalue weighted by molar-refractivity contribution is -0.119. The third-order valence-corrected chi connectivity index (χ3v) is 2.40. The van der Waals surface area contributed by atoms with Gasteiger partial charge in [-0.1, -0.05) is 18.5 Å². The molecule has 1 amide bonds. The average Bonchev–Trinajstić information content (AvgIpc) is 2.20. The number of pyridine rings is 1. The normalized spacial score (nSPS) is 14.4. The summed E-state index contributed by atoms with van der Waals surface area (Å²) in [5.41, 5.74) is 5.61. The highest BCUT2D eigenvalue weighted by atomic mass is 35.5. The van der Waals surface area contributed by atoms with E-state index in [4.69, 9.17) is 17.3 Å². The minimum atomic E-state index is -0.248. The van der Waals surface area contributed by atoms with Gasteiger partial charge in [-0.05, 0) is 19.1 Å². The maximum atomic E-state index is 11.6. The van der Waals surface area contributed by atoms with Crippen LogP contribution in [0.4, 0.5) is 5.82 Å². The molecule has 5 heteroatoms. The molecule has 2 unspecified atom stereocenters. The average molecular weight is 228 g/mol. The molecule has 0 radical (unpaired) electrons. The Morgan fingerprint density at radius 1 is 1.53 bits per heavy atom. The molecular weight excluding hydrogens is 214 g/mol. The Morgan fingerprint density at radius 3 is 2.67 bits per heavy atom. The molecule has 0 aliphatic carbocycles. The second kappa shape index (κ2) is 5.09. The van der Waals surface area contributed by atoms with Crippen molar-refractivity contribution in [1.82, 2.24) is 4.98 Å². The molecule has 15 heavy (non-hydrogen) atoms. The molecule has 0 bridgehead atoms. The number of nitrogens with one attached hydrogen (secondary N) is 1. The van der Waals surface area contributed by atoms with Crippen LogP contribution in [-0.2, 0) is 4.79 Å². The predicted molar refractivity (Wildman–Crippen MR) is 60.7 cm³/mol. The summed E-state index contributed by atoms with van der Waals surface area (Å²) in [7, 11) is 0. The molecular formula is C10H14ClN3O. The molecule has 1 rings (SSSR count). The van der Waals surface area contributed by atoms with E-state index in [1.165, 1.54) is 6.20 Å². The number of rotatable bonds is 3. The quantitative estimate of drug-likeness (QED) is 0.825. The number of nitrogens with two attached hydrogens (primary N) is 1. The number of aromatic nitrogens is 1. The van der Waals surface area contributed by atoms with E-state index in [1.807, 2.05) is 0 Å². The first-order valence-corrected chi connectivity index (χ1v) is 5.06. The van der Waals surface area contributed by atoms with Crippen LogP contribution in [0.1, 0.15) is 13.8 Å². The Labute approximate surface area is 93.8 Å². The second-order valence-corrected chi connectivity index (χ2v) is 3.94. The molecule has 0 saturated heterocycles. The number of halogens is 1. The Kier molecular flexibility index (Phi) is 4.05. The van der Waals surface area contributed by atoms with Crippen molar-refractivity contribution >= 4 is 23.3 Å². The van der Waals surface area contributed by atoms with Gasteiger partial charge in [0.25, 0.3) is 0 Å². The van der Waals surface area contributed by atoms with Gasteiger partial charge in [-0.15, -0.1) is 0 Å². The van der Waals surface area contributed by atoms with Crippen LogP contribution in [0.15, 0.2) is 18.3 Å². The van der Waals surface area contributed by atoms with E-state index in [9.17, 15) is 4.79 Å². The summed E-state index contributed by atoms with van der Waals surface area (Å²) in [6.45, 7) is 3.56. The molecule has 0 fully saturated rings. The Morgan fingerprint density at radius 2 is 2.20 bits per heavy atom. The van der Waals surface area contributed by atoms with Crippen molar-refractivity contribution in [3.8, 4) is 0 Å². The zero-order valence-corrected chi connectivity index (χ0v) is 9.45. The molecule has 0 aliphatic heterocycles. The zero-order valence-electron chi connectivity index (χ0n) is 8.70. The van der Waals surface area contributed by atoms with E-state index >= 15 is 0 Å². The summed E-state index contributed by atoms with van der Waals surface area (Å²) in [6.07, 6.45) is 1.48. The van der Waals surface area contributed by atoms with Gasteiger partial charge in [-0.2, -0.15) is 0 Å². The molecule has 0 spiro atoms. The van der Waals surface area contributed by atoms with E-state index in [0.29, 0.717) is 10.8 Å². The molecule has 1 heterocycles. The van der Waals surface area contributed by atoms with E-state index in [2.05, 4.69) is 10.3 Å². The maximum absolute atomic E-state index is 11.6. The van der Waals surface area contributed by atoms with E-state index in [1.54, 1.807) is 26.0 Å². The van der Waals surface area contributed by atoms with Crippen molar-refractivity contribution < 1.29 is 4.79 Å². The Bertz CT molecular complexity index is 337. The highest BCUT2D eigenvalue weighted by molar-refractivity contribution is 6.30. The van der Waals surface area contributed by atoms with Crippen molar-refractivity contribution in [2.24, 2.45) is 11.7 Å². The molecule has 2 atom stereocenters. The topological polar surface area (TPSA) is 68.0 Å². The van der Waals surface area contributed by atoms with Gasteiger partial charge in [0.05, 0.1) is 10.9 Å². The molecule has 0 aromatic carbocycles. The summed E-state index contributed by atoms with van der Waals surface area (Å²) in [6, 6.07) is 3.13. The van der Waals surface area contributed by atoms with E-state index < -0.39 is 0 Å². The summed E-state index contributed by atoms with van der Waals surface area (Å²) in [4.78, 5) is 15.5. The van der Waals surface area contributed by atoms with Crippen molar-refractivity contribution in [1.29, 1.82) is 0 Å².